The van der Waals surface area contributed by atoms with Crippen LogP contribution in [0.5, 0.6) is 0 Å². The van der Waals surface area contributed by atoms with Gasteiger partial charge in [0.25, 0.3) is 0 Å². The Morgan fingerprint density at radius 1 is 1.29 bits per heavy atom. The summed E-state index contributed by atoms with van der Waals surface area (Å²) in [6, 6.07) is 8.50. The topological polar surface area (TPSA) is 0 Å². The van der Waals surface area contributed by atoms with Crippen molar-refractivity contribution in [3.8, 4) is 0 Å². The van der Waals surface area contributed by atoms with Gasteiger partial charge in [-0.05, 0) is 46.1 Å². The molecular weight excluding hydrogens is 390 g/mol. The zero-order chi connectivity index (χ0) is 12.4. The molecule has 1 heterocycles. The second kappa shape index (κ2) is 5.83. The molecule has 0 aliphatic carbocycles. The Kier molecular flexibility index (Phi) is 4.64. The van der Waals surface area contributed by atoms with Crippen molar-refractivity contribution in [3.05, 3.63) is 55.4 Å². The predicted octanol–water partition coefficient (Wildman–Crippen LogP) is 5.98. The Labute approximate surface area is 125 Å². The molecule has 0 aliphatic heterocycles. The summed E-state index contributed by atoms with van der Waals surface area (Å²) in [4.78, 5) is 1.35. The van der Waals surface area contributed by atoms with Crippen molar-refractivity contribution in [1.82, 2.24) is 0 Å². The fourth-order valence-corrected chi connectivity index (χ4v) is 3.96. The molecule has 1 aromatic heterocycles. The van der Waals surface area contributed by atoms with Gasteiger partial charge in [0.15, 0.2) is 0 Å². The third kappa shape index (κ3) is 3.53. The maximum Gasteiger partial charge on any atom is 0.123 e. The van der Waals surface area contributed by atoms with Gasteiger partial charge < -0.3 is 0 Å². The van der Waals surface area contributed by atoms with Crippen LogP contribution < -0.4 is 0 Å². The Hall–Kier alpha value is 0.1000. The van der Waals surface area contributed by atoms with E-state index in [9.17, 15) is 4.39 Å². The number of hydrogen-bond donors (Lipinski definition) is 0. The van der Waals surface area contributed by atoms with Crippen molar-refractivity contribution in [2.75, 3.05) is 0 Å². The molecule has 1 unspecified atom stereocenters. The van der Waals surface area contributed by atoms with Crippen molar-refractivity contribution in [3.63, 3.8) is 0 Å². The molecule has 0 saturated heterocycles. The summed E-state index contributed by atoms with van der Waals surface area (Å²) in [6.45, 7) is 0. The van der Waals surface area contributed by atoms with E-state index < -0.39 is 0 Å². The predicted molar refractivity (Wildman–Crippen MR) is 78.8 cm³/mol. The average Bonchev–Trinajstić information content (AvgIpc) is 2.63. The summed E-state index contributed by atoms with van der Waals surface area (Å²) in [7, 11) is 0. The Morgan fingerprint density at radius 3 is 2.47 bits per heavy atom. The molecule has 2 rings (SSSR count). The SMILES string of the molecule is Fc1ccc(CC(Br)c2cc(Cl)c(Br)s2)cc1. The lowest BCUT2D eigenvalue weighted by atomic mass is 10.1. The monoisotopic (exact) mass is 396 g/mol. The molecule has 0 aliphatic rings. The second-order valence-corrected chi connectivity index (χ2v) is 7.48. The summed E-state index contributed by atoms with van der Waals surface area (Å²) in [5, 5.41) is 0.730. The van der Waals surface area contributed by atoms with Crippen molar-refractivity contribution in [1.29, 1.82) is 0 Å². The van der Waals surface area contributed by atoms with Crippen LogP contribution >= 0.6 is 54.8 Å². The van der Waals surface area contributed by atoms with E-state index in [0.29, 0.717) is 0 Å². The van der Waals surface area contributed by atoms with E-state index in [4.69, 9.17) is 11.6 Å². The van der Waals surface area contributed by atoms with Crippen LogP contribution in [0.3, 0.4) is 0 Å². The third-order valence-electron chi connectivity index (χ3n) is 2.30. The molecule has 90 valence electrons. The van der Waals surface area contributed by atoms with Gasteiger partial charge in [-0.15, -0.1) is 11.3 Å². The molecule has 0 saturated carbocycles. The number of hydrogen-bond acceptors (Lipinski definition) is 1. The van der Waals surface area contributed by atoms with Gasteiger partial charge in [0.1, 0.15) is 5.82 Å². The van der Waals surface area contributed by atoms with E-state index in [1.807, 2.05) is 6.07 Å². The van der Waals surface area contributed by atoms with Gasteiger partial charge in [-0.3, -0.25) is 0 Å². The molecular formula is C12H8Br2ClFS. The van der Waals surface area contributed by atoms with Crippen LogP contribution in [-0.2, 0) is 6.42 Å². The van der Waals surface area contributed by atoms with Gasteiger partial charge in [-0.1, -0.05) is 39.7 Å². The van der Waals surface area contributed by atoms with Gasteiger partial charge in [0.05, 0.1) is 13.6 Å². The van der Waals surface area contributed by atoms with Gasteiger partial charge >= 0.3 is 0 Å². The Morgan fingerprint density at radius 2 is 1.94 bits per heavy atom. The zero-order valence-corrected chi connectivity index (χ0v) is 13.3. The number of rotatable bonds is 3. The van der Waals surface area contributed by atoms with Gasteiger partial charge in [-0.2, -0.15) is 0 Å². The average molecular weight is 399 g/mol. The smallest absolute Gasteiger partial charge is 0.123 e. The minimum atomic E-state index is -0.207. The van der Waals surface area contributed by atoms with Crippen LogP contribution in [0.15, 0.2) is 34.1 Å². The van der Waals surface area contributed by atoms with Crippen molar-refractivity contribution in [2.45, 2.75) is 11.2 Å². The molecule has 0 fully saturated rings. The number of benzene rings is 1. The molecule has 0 amide bonds. The molecule has 2 aromatic rings. The lowest BCUT2D eigenvalue weighted by molar-refractivity contribution is 0.627. The first-order valence-electron chi connectivity index (χ1n) is 4.89. The van der Waals surface area contributed by atoms with Crippen LogP contribution in [0.2, 0.25) is 5.02 Å². The van der Waals surface area contributed by atoms with Gasteiger partial charge in [-0.25, -0.2) is 4.39 Å². The van der Waals surface area contributed by atoms with Crippen LogP contribution in [0.1, 0.15) is 15.3 Å². The van der Waals surface area contributed by atoms with E-state index in [2.05, 4.69) is 31.9 Å². The first-order chi connectivity index (χ1) is 8.06. The summed E-state index contributed by atoms with van der Waals surface area (Å²) in [5.74, 6) is -0.207. The Balaban J connectivity index is 2.11. The number of thiophene rings is 1. The minimum absolute atomic E-state index is 0.196. The molecule has 0 bridgehead atoms. The van der Waals surface area contributed by atoms with Gasteiger partial charge in [0.2, 0.25) is 0 Å². The highest BCUT2D eigenvalue weighted by molar-refractivity contribution is 9.11. The fourth-order valence-electron chi connectivity index (χ4n) is 1.45. The molecule has 0 nitrogen and oxygen atoms in total. The van der Waals surface area contributed by atoms with Crippen molar-refractivity contribution >= 4 is 54.8 Å². The van der Waals surface area contributed by atoms with E-state index in [0.717, 1.165) is 25.7 Å². The van der Waals surface area contributed by atoms with E-state index in [1.54, 1.807) is 23.5 Å². The molecule has 17 heavy (non-hydrogen) atoms. The maximum atomic E-state index is 12.8. The molecule has 0 spiro atoms. The van der Waals surface area contributed by atoms with Crippen LogP contribution in [0.4, 0.5) is 4.39 Å². The van der Waals surface area contributed by atoms with E-state index in [1.165, 1.54) is 12.1 Å². The third-order valence-corrected chi connectivity index (χ3v) is 6.01. The highest BCUT2D eigenvalue weighted by Crippen LogP contribution is 2.39. The molecule has 5 heteroatoms. The van der Waals surface area contributed by atoms with Crippen molar-refractivity contribution in [2.24, 2.45) is 0 Å². The minimum Gasteiger partial charge on any atom is -0.207 e. The maximum absolute atomic E-state index is 12.8. The molecule has 1 atom stereocenters. The summed E-state index contributed by atoms with van der Waals surface area (Å²) < 4.78 is 13.7. The molecule has 0 radical (unpaired) electrons. The quantitative estimate of drug-likeness (QED) is 0.558. The molecule has 0 N–H and O–H groups in total. The summed E-state index contributed by atoms with van der Waals surface area (Å²) >= 11 is 14.6. The summed E-state index contributed by atoms with van der Waals surface area (Å²) in [6.07, 6.45) is 0.809. The lowest BCUT2D eigenvalue weighted by Crippen LogP contribution is -1.92. The van der Waals surface area contributed by atoms with E-state index >= 15 is 0 Å². The fraction of sp³-hybridized carbons (Fsp3) is 0.167. The second-order valence-electron chi connectivity index (χ2n) is 3.57. The normalized spacial score (nSPS) is 12.7. The van der Waals surface area contributed by atoms with Crippen molar-refractivity contribution < 1.29 is 4.39 Å². The van der Waals surface area contributed by atoms with Crippen LogP contribution in [0, 0.1) is 5.82 Å². The zero-order valence-electron chi connectivity index (χ0n) is 8.59. The first-order valence-corrected chi connectivity index (χ1v) is 7.80. The first kappa shape index (κ1) is 13.5. The lowest BCUT2D eigenvalue weighted by Gasteiger charge is -2.07. The molecule has 1 aromatic carbocycles. The highest BCUT2D eigenvalue weighted by atomic mass is 79.9. The number of alkyl halides is 1. The van der Waals surface area contributed by atoms with E-state index in [-0.39, 0.29) is 10.6 Å². The standard InChI is InChI=1S/C12H8Br2ClFS/c13-9(11-6-10(15)12(14)17-11)5-7-1-3-8(16)4-2-7/h1-4,6,9H,5H2. The highest BCUT2D eigenvalue weighted by Gasteiger charge is 2.13. The van der Waals surface area contributed by atoms with Gasteiger partial charge in [0, 0.05) is 4.88 Å². The largest absolute Gasteiger partial charge is 0.207 e. The Bertz CT molecular complexity index is 490. The van der Waals surface area contributed by atoms with Crippen LogP contribution in [-0.4, -0.2) is 0 Å². The summed E-state index contributed by atoms with van der Waals surface area (Å²) in [5.41, 5.74) is 1.09. The number of halogens is 4. The van der Waals surface area contributed by atoms with Crippen LogP contribution in [0.25, 0.3) is 0 Å².